The van der Waals surface area contributed by atoms with E-state index in [1.807, 2.05) is 24.1 Å². The smallest absolute Gasteiger partial charge is 0.236 e. The third-order valence-electron chi connectivity index (χ3n) is 2.35. The molecule has 4 nitrogen and oxygen atoms in total. The molecule has 4 heteroatoms. The molecule has 0 saturated heterocycles. The summed E-state index contributed by atoms with van der Waals surface area (Å²) >= 11 is 0. The number of carbonyl (C=O) groups is 1. The fourth-order valence-corrected chi connectivity index (χ4v) is 1.46. The molecular formula is C12H19N3O. The van der Waals surface area contributed by atoms with E-state index in [0.717, 1.165) is 18.8 Å². The summed E-state index contributed by atoms with van der Waals surface area (Å²) < 4.78 is 0. The molecule has 3 N–H and O–H groups in total. The number of primary amides is 1. The van der Waals surface area contributed by atoms with Crippen molar-refractivity contribution in [3.8, 4) is 0 Å². The van der Waals surface area contributed by atoms with Crippen LogP contribution < -0.4 is 16.0 Å². The van der Waals surface area contributed by atoms with Crippen LogP contribution in [0.5, 0.6) is 0 Å². The average Bonchev–Trinajstić information content (AvgIpc) is 2.26. The Bertz CT molecular complexity index is 335. The Hall–Kier alpha value is -1.55. The molecule has 0 fully saturated rings. The lowest BCUT2D eigenvalue weighted by atomic mass is 10.2. The van der Waals surface area contributed by atoms with Crippen LogP contribution in [0.3, 0.4) is 0 Å². The minimum atomic E-state index is -0.320. The van der Waals surface area contributed by atoms with Crippen molar-refractivity contribution in [2.24, 2.45) is 5.73 Å². The van der Waals surface area contributed by atoms with Gasteiger partial charge in [-0.25, -0.2) is 0 Å². The van der Waals surface area contributed by atoms with Crippen molar-refractivity contribution in [2.45, 2.75) is 13.5 Å². The van der Waals surface area contributed by atoms with Crippen LogP contribution in [0.2, 0.25) is 0 Å². The molecule has 88 valence electrons. The van der Waals surface area contributed by atoms with E-state index in [9.17, 15) is 4.79 Å². The Balaban J connectivity index is 2.59. The zero-order valence-corrected chi connectivity index (χ0v) is 9.86. The van der Waals surface area contributed by atoms with Gasteiger partial charge in [0.2, 0.25) is 5.91 Å². The SMILES string of the molecule is CCNCc1ccc(N(C)CC(N)=O)cc1. The van der Waals surface area contributed by atoms with Crippen molar-refractivity contribution in [2.75, 3.05) is 25.0 Å². The van der Waals surface area contributed by atoms with Crippen molar-refractivity contribution >= 4 is 11.6 Å². The number of rotatable bonds is 6. The first-order valence-corrected chi connectivity index (χ1v) is 5.42. The largest absolute Gasteiger partial charge is 0.368 e. The quantitative estimate of drug-likeness (QED) is 0.744. The number of carbonyl (C=O) groups excluding carboxylic acids is 1. The van der Waals surface area contributed by atoms with E-state index >= 15 is 0 Å². The van der Waals surface area contributed by atoms with Crippen LogP contribution in [0.15, 0.2) is 24.3 Å². The molecule has 0 aliphatic carbocycles. The molecule has 0 heterocycles. The lowest BCUT2D eigenvalue weighted by Gasteiger charge is -2.17. The summed E-state index contributed by atoms with van der Waals surface area (Å²) in [5, 5.41) is 3.26. The maximum Gasteiger partial charge on any atom is 0.236 e. The normalized spacial score (nSPS) is 10.1. The zero-order chi connectivity index (χ0) is 12.0. The summed E-state index contributed by atoms with van der Waals surface area (Å²) in [4.78, 5) is 12.6. The summed E-state index contributed by atoms with van der Waals surface area (Å²) in [6.07, 6.45) is 0. The van der Waals surface area contributed by atoms with Gasteiger partial charge in [0.15, 0.2) is 0 Å². The Morgan fingerprint density at radius 1 is 1.38 bits per heavy atom. The molecule has 0 spiro atoms. The van der Waals surface area contributed by atoms with Crippen LogP contribution in [0.4, 0.5) is 5.69 Å². The molecule has 1 rings (SSSR count). The first-order chi connectivity index (χ1) is 7.63. The highest BCUT2D eigenvalue weighted by molar-refractivity contribution is 5.79. The maximum atomic E-state index is 10.8. The van der Waals surface area contributed by atoms with Crippen LogP contribution in [-0.4, -0.2) is 26.0 Å². The highest BCUT2D eigenvalue weighted by Gasteiger charge is 2.03. The minimum absolute atomic E-state index is 0.243. The molecule has 0 aliphatic heterocycles. The molecule has 0 saturated carbocycles. The molecule has 16 heavy (non-hydrogen) atoms. The van der Waals surface area contributed by atoms with E-state index in [0.29, 0.717) is 0 Å². The second-order valence-corrected chi connectivity index (χ2v) is 3.77. The lowest BCUT2D eigenvalue weighted by molar-refractivity contribution is -0.116. The number of hydrogen-bond donors (Lipinski definition) is 2. The molecule has 0 aromatic heterocycles. The monoisotopic (exact) mass is 221 g/mol. The lowest BCUT2D eigenvalue weighted by Crippen LogP contribution is -2.30. The van der Waals surface area contributed by atoms with Crippen LogP contribution in [-0.2, 0) is 11.3 Å². The fourth-order valence-electron chi connectivity index (χ4n) is 1.46. The molecule has 1 aromatic rings. The van der Waals surface area contributed by atoms with Crippen molar-refractivity contribution in [3.05, 3.63) is 29.8 Å². The number of hydrogen-bond acceptors (Lipinski definition) is 3. The van der Waals surface area contributed by atoms with Crippen LogP contribution in [0, 0.1) is 0 Å². The highest BCUT2D eigenvalue weighted by atomic mass is 16.1. The third kappa shape index (κ3) is 3.90. The van der Waals surface area contributed by atoms with Crippen LogP contribution in [0.25, 0.3) is 0 Å². The Morgan fingerprint density at radius 3 is 2.50 bits per heavy atom. The van der Waals surface area contributed by atoms with Gasteiger partial charge in [-0.15, -0.1) is 0 Å². The number of anilines is 1. The van der Waals surface area contributed by atoms with Crippen LogP contribution >= 0.6 is 0 Å². The molecule has 1 aromatic carbocycles. The van der Waals surface area contributed by atoms with Crippen molar-refractivity contribution in [3.63, 3.8) is 0 Å². The van der Waals surface area contributed by atoms with Gasteiger partial charge in [-0.3, -0.25) is 4.79 Å². The van der Waals surface area contributed by atoms with E-state index in [1.165, 1.54) is 5.56 Å². The predicted octanol–water partition coefficient (Wildman–Crippen LogP) is 0.718. The summed E-state index contributed by atoms with van der Waals surface area (Å²) in [7, 11) is 1.85. The number of nitrogens with one attached hydrogen (secondary N) is 1. The van der Waals surface area contributed by atoms with Gasteiger partial charge in [0.05, 0.1) is 6.54 Å². The van der Waals surface area contributed by atoms with E-state index < -0.39 is 0 Å². The van der Waals surface area contributed by atoms with Crippen molar-refractivity contribution in [1.29, 1.82) is 0 Å². The number of amides is 1. The first kappa shape index (κ1) is 12.5. The van der Waals surface area contributed by atoms with Gasteiger partial charge >= 0.3 is 0 Å². The zero-order valence-electron chi connectivity index (χ0n) is 9.86. The van der Waals surface area contributed by atoms with Gasteiger partial charge < -0.3 is 16.0 Å². The van der Waals surface area contributed by atoms with Gasteiger partial charge in [-0.05, 0) is 24.2 Å². The molecule has 0 unspecified atom stereocenters. The maximum absolute atomic E-state index is 10.8. The Kier molecular flexibility index (Phi) is 4.79. The standard InChI is InChI=1S/C12H19N3O/c1-3-14-8-10-4-6-11(7-5-10)15(2)9-12(13)16/h4-7,14H,3,8-9H2,1-2H3,(H2,13,16). The summed E-state index contributed by atoms with van der Waals surface area (Å²) in [6, 6.07) is 8.09. The van der Waals surface area contributed by atoms with Crippen molar-refractivity contribution in [1.82, 2.24) is 5.32 Å². The Labute approximate surface area is 96.4 Å². The summed E-state index contributed by atoms with van der Waals surface area (Å²) in [5.74, 6) is -0.320. The summed E-state index contributed by atoms with van der Waals surface area (Å²) in [6.45, 7) is 4.15. The fraction of sp³-hybridized carbons (Fsp3) is 0.417. The summed E-state index contributed by atoms with van der Waals surface area (Å²) in [5.41, 5.74) is 7.37. The molecule has 0 atom stereocenters. The van der Waals surface area contributed by atoms with E-state index in [1.54, 1.807) is 0 Å². The highest BCUT2D eigenvalue weighted by Crippen LogP contribution is 2.13. The van der Waals surface area contributed by atoms with E-state index in [2.05, 4.69) is 24.4 Å². The molecular weight excluding hydrogens is 202 g/mol. The van der Waals surface area contributed by atoms with Gasteiger partial charge in [0.1, 0.15) is 0 Å². The van der Waals surface area contributed by atoms with E-state index in [-0.39, 0.29) is 12.5 Å². The second-order valence-electron chi connectivity index (χ2n) is 3.77. The molecule has 0 bridgehead atoms. The molecule has 1 amide bonds. The van der Waals surface area contributed by atoms with Gasteiger partial charge in [-0.1, -0.05) is 19.1 Å². The van der Waals surface area contributed by atoms with Gasteiger partial charge in [0.25, 0.3) is 0 Å². The van der Waals surface area contributed by atoms with Gasteiger partial charge in [0, 0.05) is 19.3 Å². The number of benzene rings is 1. The van der Waals surface area contributed by atoms with Crippen molar-refractivity contribution < 1.29 is 4.79 Å². The minimum Gasteiger partial charge on any atom is -0.368 e. The third-order valence-corrected chi connectivity index (χ3v) is 2.35. The second kappa shape index (κ2) is 6.12. The molecule has 0 radical (unpaired) electrons. The number of likely N-dealkylation sites (N-methyl/N-ethyl adjacent to an activating group) is 1. The topological polar surface area (TPSA) is 58.4 Å². The van der Waals surface area contributed by atoms with E-state index in [4.69, 9.17) is 5.73 Å². The Morgan fingerprint density at radius 2 is 2.00 bits per heavy atom. The van der Waals surface area contributed by atoms with Crippen LogP contribution in [0.1, 0.15) is 12.5 Å². The van der Waals surface area contributed by atoms with Gasteiger partial charge in [-0.2, -0.15) is 0 Å². The first-order valence-electron chi connectivity index (χ1n) is 5.42. The number of nitrogens with two attached hydrogens (primary N) is 1. The average molecular weight is 221 g/mol. The number of nitrogens with zero attached hydrogens (tertiary/aromatic N) is 1. The predicted molar refractivity (Wildman–Crippen MR) is 66.3 cm³/mol. The molecule has 0 aliphatic rings.